The fourth-order valence-corrected chi connectivity index (χ4v) is 3.08. The highest BCUT2D eigenvalue weighted by atomic mass is 16.5. The Labute approximate surface area is 155 Å². The first-order chi connectivity index (χ1) is 12.5. The van der Waals surface area contributed by atoms with Gasteiger partial charge in [0.25, 0.3) is 0 Å². The number of amides is 3. The monoisotopic (exact) mass is 362 g/mol. The van der Waals surface area contributed by atoms with Gasteiger partial charge >= 0.3 is 6.03 Å². The topological polar surface area (TPSA) is 82.7 Å². The zero-order chi connectivity index (χ0) is 18.9. The molecule has 0 aliphatic carbocycles. The number of para-hydroxylation sites is 2. The SMILES string of the molecule is COc1ccccc1N1CCC(NC(=O)NCCC(=O)NC(C)C)CC1. The molecule has 144 valence electrons. The molecule has 0 saturated carbocycles. The van der Waals surface area contributed by atoms with E-state index in [0.29, 0.717) is 6.54 Å². The minimum atomic E-state index is -0.210. The molecule has 7 heteroatoms. The summed E-state index contributed by atoms with van der Waals surface area (Å²) in [7, 11) is 1.68. The molecule has 0 radical (unpaired) electrons. The van der Waals surface area contributed by atoms with E-state index in [4.69, 9.17) is 4.74 Å². The van der Waals surface area contributed by atoms with E-state index in [1.54, 1.807) is 7.11 Å². The molecule has 0 bridgehead atoms. The van der Waals surface area contributed by atoms with Gasteiger partial charge < -0.3 is 25.6 Å². The van der Waals surface area contributed by atoms with Gasteiger partial charge in [0, 0.05) is 38.1 Å². The fraction of sp³-hybridized carbons (Fsp3) is 0.579. The van der Waals surface area contributed by atoms with Crippen LogP contribution in [0.2, 0.25) is 0 Å². The van der Waals surface area contributed by atoms with Gasteiger partial charge in [-0.1, -0.05) is 12.1 Å². The van der Waals surface area contributed by atoms with Crippen LogP contribution in [0.15, 0.2) is 24.3 Å². The van der Waals surface area contributed by atoms with Crippen molar-refractivity contribution in [2.75, 3.05) is 31.6 Å². The maximum atomic E-state index is 12.0. The summed E-state index contributed by atoms with van der Waals surface area (Å²) in [6, 6.07) is 8.03. The summed E-state index contributed by atoms with van der Waals surface area (Å²) < 4.78 is 5.42. The van der Waals surface area contributed by atoms with Crippen molar-refractivity contribution in [2.24, 2.45) is 0 Å². The Kier molecular flexibility index (Phi) is 7.56. The smallest absolute Gasteiger partial charge is 0.315 e. The summed E-state index contributed by atoms with van der Waals surface area (Å²) >= 11 is 0. The molecule has 1 aromatic carbocycles. The van der Waals surface area contributed by atoms with Gasteiger partial charge in [-0.3, -0.25) is 4.79 Å². The second kappa shape index (κ2) is 9.89. The van der Waals surface area contributed by atoms with Crippen LogP contribution in [0.4, 0.5) is 10.5 Å². The van der Waals surface area contributed by atoms with Crippen molar-refractivity contribution < 1.29 is 14.3 Å². The Morgan fingerprint density at radius 2 is 1.92 bits per heavy atom. The lowest BCUT2D eigenvalue weighted by Gasteiger charge is -2.34. The standard InChI is InChI=1S/C19H30N4O3/c1-14(2)21-18(24)8-11-20-19(25)22-15-9-12-23(13-10-15)16-6-4-5-7-17(16)26-3/h4-7,14-15H,8-13H2,1-3H3,(H,21,24)(H2,20,22,25). The molecule has 3 amide bonds. The van der Waals surface area contributed by atoms with Crippen LogP contribution in [0.1, 0.15) is 33.1 Å². The molecule has 0 unspecified atom stereocenters. The Hall–Kier alpha value is -2.44. The van der Waals surface area contributed by atoms with Crippen molar-refractivity contribution in [2.45, 2.75) is 45.2 Å². The lowest BCUT2D eigenvalue weighted by Crippen LogP contribution is -2.48. The van der Waals surface area contributed by atoms with Gasteiger partial charge in [0.1, 0.15) is 5.75 Å². The molecule has 2 rings (SSSR count). The summed E-state index contributed by atoms with van der Waals surface area (Å²) in [5.74, 6) is 0.821. The Bertz CT molecular complexity index is 598. The van der Waals surface area contributed by atoms with E-state index in [2.05, 4.69) is 26.9 Å². The molecule has 3 N–H and O–H groups in total. The van der Waals surface area contributed by atoms with Crippen molar-refractivity contribution in [3.63, 3.8) is 0 Å². The van der Waals surface area contributed by atoms with Crippen LogP contribution < -0.4 is 25.6 Å². The van der Waals surface area contributed by atoms with E-state index in [0.717, 1.165) is 37.4 Å². The summed E-state index contributed by atoms with van der Waals surface area (Å²) in [4.78, 5) is 25.8. The maximum Gasteiger partial charge on any atom is 0.315 e. The number of piperidine rings is 1. The quantitative estimate of drug-likeness (QED) is 0.692. The van der Waals surface area contributed by atoms with Gasteiger partial charge in [-0.15, -0.1) is 0 Å². The second-order valence-electron chi connectivity index (χ2n) is 6.81. The van der Waals surface area contributed by atoms with E-state index < -0.39 is 0 Å². The molecular weight excluding hydrogens is 332 g/mol. The fourth-order valence-electron chi connectivity index (χ4n) is 3.08. The first-order valence-electron chi connectivity index (χ1n) is 9.21. The highest BCUT2D eigenvalue weighted by Crippen LogP contribution is 2.29. The van der Waals surface area contributed by atoms with Crippen LogP contribution >= 0.6 is 0 Å². The molecule has 1 fully saturated rings. The molecule has 0 spiro atoms. The number of methoxy groups -OCH3 is 1. The van der Waals surface area contributed by atoms with Crippen LogP contribution in [-0.4, -0.2) is 50.8 Å². The number of benzene rings is 1. The normalized spacial score (nSPS) is 14.8. The average molecular weight is 362 g/mol. The van der Waals surface area contributed by atoms with Gasteiger partial charge in [-0.05, 0) is 38.8 Å². The molecule has 0 atom stereocenters. The number of nitrogens with zero attached hydrogens (tertiary/aromatic N) is 1. The lowest BCUT2D eigenvalue weighted by molar-refractivity contribution is -0.121. The van der Waals surface area contributed by atoms with Gasteiger partial charge in [0.15, 0.2) is 0 Å². The van der Waals surface area contributed by atoms with Crippen LogP contribution in [0.5, 0.6) is 5.75 Å². The molecule has 1 aliphatic rings. The number of hydrogen-bond donors (Lipinski definition) is 3. The van der Waals surface area contributed by atoms with E-state index in [1.807, 2.05) is 32.0 Å². The first kappa shape index (κ1) is 19.9. The predicted molar refractivity (Wildman–Crippen MR) is 103 cm³/mol. The molecule has 0 aromatic heterocycles. The van der Waals surface area contributed by atoms with Crippen LogP contribution in [0.25, 0.3) is 0 Å². The molecule has 1 saturated heterocycles. The maximum absolute atomic E-state index is 12.0. The molecule has 1 heterocycles. The zero-order valence-electron chi connectivity index (χ0n) is 15.9. The number of hydrogen-bond acceptors (Lipinski definition) is 4. The second-order valence-corrected chi connectivity index (χ2v) is 6.81. The van der Waals surface area contributed by atoms with E-state index >= 15 is 0 Å². The predicted octanol–water partition coefficient (Wildman–Crippen LogP) is 1.88. The van der Waals surface area contributed by atoms with Crippen molar-refractivity contribution in [3.8, 4) is 5.75 Å². The summed E-state index contributed by atoms with van der Waals surface area (Å²) in [5, 5.41) is 8.55. The third-order valence-electron chi connectivity index (χ3n) is 4.34. The van der Waals surface area contributed by atoms with Crippen molar-refractivity contribution in [1.29, 1.82) is 0 Å². The number of nitrogens with one attached hydrogen (secondary N) is 3. The highest BCUT2D eigenvalue weighted by molar-refractivity contribution is 5.78. The third kappa shape index (κ3) is 6.13. The van der Waals surface area contributed by atoms with Crippen molar-refractivity contribution >= 4 is 17.6 Å². The van der Waals surface area contributed by atoms with Crippen LogP contribution in [0.3, 0.4) is 0 Å². The highest BCUT2D eigenvalue weighted by Gasteiger charge is 2.22. The van der Waals surface area contributed by atoms with Crippen LogP contribution in [-0.2, 0) is 4.79 Å². The Balaban J connectivity index is 1.70. The van der Waals surface area contributed by atoms with E-state index in [-0.39, 0.29) is 30.4 Å². The van der Waals surface area contributed by atoms with Crippen molar-refractivity contribution in [1.82, 2.24) is 16.0 Å². The van der Waals surface area contributed by atoms with Gasteiger partial charge in [0.2, 0.25) is 5.91 Å². The molecule has 1 aromatic rings. The zero-order valence-corrected chi connectivity index (χ0v) is 15.9. The minimum absolute atomic E-state index is 0.0505. The minimum Gasteiger partial charge on any atom is -0.495 e. The Morgan fingerprint density at radius 3 is 2.58 bits per heavy atom. The molecule has 1 aliphatic heterocycles. The third-order valence-corrected chi connectivity index (χ3v) is 4.34. The largest absolute Gasteiger partial charge is 0.495 e. The van der Waals surface area contributed by atoms with Gasteiger partial charge in [0.05, 0.1) is 12.8 Å². The number of carbonyl (C=O) groups excluding carboxylic acids is 2. The van der Waals surface area contributed by atoms with Gasteiger partial charge in [-0.2, -0.15) is 0 Å². The van der Waals surface area contributed by atoms with Crippen molar-refractivity contribution in [3.05, 3.63) is 24.3 Å². The number of ether oxygens (including phenoxy) is 1. The van der Waals surface area contributed by atoms with Crippen LogP contribution in [0, 0.1) is 0 Å². The van der Waals surface area contributed by atoms with E-state index in [1.165, 1.54) is 0 Å². The first-order valence-corrected chi connectivity index (χ1v) is 9.21. The summed E-state index contributed by atoms with van der Waals surface area (Å²) in [6.45, 7) is 5.89. The number of carbonyl (C=O) groups is 2. The summed E-state index contributed by atoms with van der Waals surface area (Å²) in [6.07, 6.45) is 2.04. The lowest BCUT2D eigenvalue weighted by atomic mass is 10.0. The van der Waals surface area contributed by atoms with Gasteiger partial charge in [-0.25, -0.2) is 4.79 Å². The molecule has 26 heavy (non-hydrogen) atoms. The number of anilines is 1. The number of rotatable bonds is 7. The Morgan fingerprint density at radius 1 is 1.23 bits per heavy atom. The van der Waals surface area contributed by atoms with E-state index in [9.17, 15) is 9.59 Å². The molecular formula is C19H30N4O3. The average Bonchev–Trinajstić information content (AvgIpc) is 2.61. The number of urea groups is 1. The molecule has 7 nitrogen and oxygen atoms in total. The summed E-state index contributed by atoms with van der Waals surface area (Å²) in [5.41, 5.74) is 1.09.